The van der Waals surface area contributed by atoms with Gasteiger partial charge in [0.1, 0.15) is 0 Å². The van der Waals surface area contributed by atoms with Crippen molar-refractivity contribution in [2.75, 3.05) is 11.0 Å². The summed E-state index contributed by atoms with van der Waals surface area (Å²) in [6.45, 7) is 13.1. The van der Waals surface area contributed by atoms with Crippen LogP contribution in [0.25, 0.3) is 0 Å². The first kappa shape index (κ1) is 22.8. The van der Waals surface area contributed by atoms with Crippen molar-refractivity contribution in [1.82, 2.24) is 0 Å². The number of nitrogens with zero attached hydrogens (tertiary/aromatic N) is 1. The lowest BCUT2D eigenvalue weighted by Crippen LogP contribution is -2.19. The molecule has 1 nitrogen and oxygen atoms in total. The number of hydrogen-bond donors (Lipinski definition) is 0. The van der Waals surface area contributed by atoms with Crippen molar-refractivity contribution in [2.45, 2.75) is 71.6 Å². The third-order valence-electron chi connectivity index (χ3n) is 7.21. The summed E-state index contributed by atoms with van der Waals surface area (Å²) in [6, 6.07) is 22.8. The first-order valence-corrected chi connectivity index (χ1v) is 14.6. The molecule has 0 bridgehead atoms. The average molecular weight is 450 g/mol. The zero-order chi connectivity index (χ0) is 22.0. The fraction of sp³-hybridized carbons (Fsp3) is 0.429. The zero-order valence-corrected chi connectivity index (χ0v) is 21.6. The van der Waals surface area contributed by atoms with E-state index in [0.29, 0.717) is 11.3 Å². The molecule has 3 aromatic rings. The Morgan fingerprint density at radius 3 is 1.61 bits per heavy atom. The van der Waals surface area contributed by atoms with E-state index < -0.39 is 0 Å². The van der Waals surface area contributed by atoms with Gasteiger partial charge in [0.05, 0.1) is 0 Å². The summed E-state index contributed by atoms with van der Waals surface area (Å²) < 4.78 is 3.04. The lowest BCUT2D eigenvalue weighted by Gasteiger charge is -2.38. The highest BCUT2D eigenvalue weighted by Gasteiger charge is 2.42. The van der Waals surface area contributed by atoms with Gasteiger partial charge in [0.2, 0.25) is 0 Å². The molecule has 2 heterocycles. The Hall–Kier alpha value is -1.39. The monoisotopic (exact) mass is 449 g/mol. The largest absolute Gasteiger partial charge is 0.238 e. The van der Waals surface area contributed by atoms with Crippen LogP contribution in [0.2, 0.25) is 0 Å². The Morgan fingerprint density at radius 2 is 1.19 bits per heavy atom. The van der Waals surface area contributed by atoms with E-state index in [9.17, 15) is 0 Å². The van der Waals surface area contributed by atoms with Gasteiger partial charge in [0.15, 0.2) is 0 Å². The third-order valence-corrected chi connectivity index (χ3v) is 14.1. The van der Waals surface area contributed by atoms with Crippen molar-refractivity contribution in [3.63, 3.8) is 0 Å². The molecule has 1 aliphatic heterocycles. The minimum atomic E-state index is -0.345. The Balaban J connectivity index is 1.85. The van der Waals surface area contributed by atoms with Crippen LogP contribution >= 0.6 is 15.8 Å². The summed E-state index contributed by atoms with van der Waals surface area (Å²) in [7, 11) is -0.653. The summed E-state index contributed by atoms with van der Waals surface area (Å²) in [4.78, 5) is 0. The van der Waals surface area contributed by atoms with E-state index in [1.807, 2.05) is 0 Å². The van der Waals surface area contributed by atoms with Gasteiger partial charge in [-0.15, -0.1) is 0 Å². The second kappa shape index (κ2) is 10.0. The highest BCUT2D eigenvalue weighted by atomic mass is 31.2. The van der Waals surface area contributed by atoms with Crippen LogP contribution in [-0.4, -0.2) is 6.54 Å². The summed E-state index contributed by atoms with van der Waals surface area (Å²) in [6.07, 6.45) is 5.17. The lowest BCUT2D eigenvalue weighted by atomic mass is 10.0. The van der Waals surface area contributed by atoms with E-state index in [1.165, 1.54) is 32.2 Å². The Bertz CT molecular complexity index is 920. The molecule has 1 aliphatic rings. The predicted molar refractivity (Wildman–Crippen MR) is 141 cm³/mol. The molecule has 164 valence electrons. The van der Waals surface area contributed by atoms with Crippen LogP contribution in [-0.2, 0) is 0 Å². The summed E-state index contributed by atoms with van der Waals surface area (Å²) in [5.74, 6) is 0. The predicted octanol–water partition coefficient (Wildman–Crippen LogP) is 9.32. The minimum Gasteiger partial charge on any atom is -0.238 e. The molecule has 1 saturated heterocycles. The van der Waals surface area contributed by atoms with Gasteiger partial charge in [-0.05, 0) is 95.6 Å². The molecule has 1 aromatic heterocycles. The molecule has 0 radical (unpaired) electrons. The quantitative estimate of drug-likeness (QED) is 0.325. The normalized spacial score (nSPS) is 19.4. The highest BCUT2D eigenvalue weighted by Crippen LogP contribution is 2.75. The second-order valence-electron chi connectivity index (χ2n) is 8.99. The topological polar surface area (TPSA) is 3.24 Å². The number of benzene rings is 2. The van der Waals surface area contributed by atoms with Crippen molar-refractivity contribution in [3.05, 3.63) is 93.5 Å². The molecule has 4 rings (SSSR count). The van der Waals surface area contributed by atoms with Crippen molar-refractivity contribution in [3.8, 4) is 0 Å². The molecule has 0 aliphatic carbocycles. The fourth-order valence-corrected chi connectivity index (χ4v) is 13.3. The smallest absolute Gasteiger partial charge is 0.0186 e. The Labute approximate surface area is 191 Å². The van der Waals surface area contributed by atoms with Crippen LogP contribution in [0.4, 0.5) is 0 Å². The Kier molecular flexibility index (Phi) is 7.38. The van der Waals surface area contributed by atoms with E-state index in [0.717, 1.165) is 0 Å². The maximum absolute atomic E-state index is 3.04. The van der Waals surface area contributed by atoms with E-state index in [1.54, 1.807) is 32.8 Å². The molecule has 0 spiro atoms. The van der Waals surface area contributed by atoms with Crippen LogP contribution < -0.4 is 4.44 Å². The van der Waals surface area contributed by atoms with Gasteiger partial charge < -0.3 is 0 Å². The van der Waals surface area contributed by atoms with Crippen molar-refractivity contribution in [2.24, 2.45) is 0 Å². The lowest BCUT2D eigenvalue weighted by molar-refractivity contribution is 0.765. The number of rotatable bonds is 7. The van der Waals surface area contributed by atoms with Gasteiger partial charge in [0, 0.05) is 17.9 Å². The molecule has 2 atom stereocenters. The maximum atomic E-state index is 3.04. The zero-order valence-electron chi connectivity index (χ0n) is 19.8. The molecule has 0 N–H and O–H groups in total. The highest BCUT2D eigenvalue weighted by molar-refractivity contribution is 7.74. The van der Waals surface area contributed by atoms with Crippen LogP contribution in [0.1, 0.15) is 76.8 Å². The molecule has 1 fully saturated rings. The second-order valence-corrected chi connectivity index (χ2v) is 14.2. The first-order valence-electron chi connectivity index (χ1n) is 11.9. The standard InChI is InChI=1S/C28H37NP2/c1-6-7-20-29(30-23(4)21(2)22(3)24(30)5)31-27(25-14-10-8-11-15-25)18-19-28(31)26-16-12-9-13-17-26/h8-17,27-28H,6-7,18-20H2,1-5H3/t27-,28-/m0/s1. The van der Waals surface area contributed by atoms with Crippen LogP contribution in [0.3, 0.4) is 0 Å². The molecule has 3 heteroatoms. The maximum Gasteiger partial charge on any atom is 0.0186 e. The van der Waals surface area contributed by atoms with Gasteiger partial charge in [-0.3, -0.25) is 0 Å². The van der Waals surface area contributed by atoms with Crippen LogP contribution in [0.5, 0.6) is 0 Å². The molecule has 0 unspecified atom stereocenters. The van der Waals surface area contributed by atoms with E-state index in [4.69, 9.17) is 0 Å². The van der Waals surface area contributed by atoms with E-state index in [-0.39, 0.29) is 15.8 Å². The van der Waals surface area contributed by atoms with Gasteiger partial charge >= 0.3 is 0 Å². The summed E-state index contributed by atoms with van der Waals surface area (Å²) in [5.41, 5.74) is 7.54. The van der Waals surface area contributed by atoms with Crippen molar-refractivity contribution < 1.29 is 0 Å². The molecular weight excluding hydrogens is 412 g/mol. The Morgan fingerprint density at radius 1 is 0.742 bits per heavy atom. The van der Waals surface area contributed by atoms with Crippen LogP contribution in [0.15, 0.2) is 60.7 Å². The number of unbranched alkanes of at least 4 members (excludes halogenated alkanes) is 1. The van der Waals surface area contributed by atoms with Gasteiger partial charge in [-0.1, -0.05) is 74.0 Å². The number of hydrogen-bond acceptors (Lipinski definition) is 1. The first-order chi connectivity index (χ1) is 15.0. The summed E-state index contributed by atoms with van der Waals surface area (Å²) in [5, 5.41) is 3.29. The summed E-state index contributed by atoms with van der Waals surface area (Å²) >= 11 is 0. The van der Waals surface area contributed by atoms with Gasteiger partial charge in [-0.25, -0.2) is 4.44 Å². The molecule has 31 heavy (non-hydrogen) atoms. The van der Waals surface area contributed by atoms with E-state index in [2.05, 4.69) is 99.7 Å². The fourth-order valence-electron chi connectivity index (χ4n) is 5.19. The van der Waals surface area contributed by atoms with Crippen molar-refractivity contribution in [1.29, 1.82) is 0 Å². The van der Waals surface area contributed by atoms with Gasteiger partial charge in [0.25, 0.3) is 0 Å². The molecule has 0 saturated carbocycles. The van der Waals surface area contributed by atoms with Crippen molar-refractivity contribution >= 4 is 15.8 Å². The third kappa shape index (κ3) is 4.43. The van der Waals surface area contributed by atoms with Gasteiger partial charge in [-0.2, -0.15) is 0 Å². The SMILES string of the molecule is CCCCN(P1[C@H](c2ccccc2)CC[C@H]1c1ccccc1)p1c(C)c(C)c(C)c1C. The molecular formula is C28H37NP2. The molecule has 0 amide bonds. The minimum absolute atomic E-state index is 0.308. The van der Waals surface area contributed by atoms with Crippen LogP contribution in [0, 0.1) is 27.7 Å². The molecule has 2 aromatic carbocycles. The van der Waals surface area contributed by atoms with E-state index >= 15 is 0 Å². The average Bonchev–Trinajstić information content (AvgIpc) is 3.33.